The molecule has 6 heteroatoms. The van der Waals surface area contributed by atoms with E-state index in [0.29, 0.717) is 12.2 Å². The van der Waals surface area contributed by atoms with E-state index in [1.165, 1.54) is 4.90 Å². The molecule has 0 spiro atoms. The van der Waals surface area contributed by atoms with Crippen LogP contribution in [0.5, 0.6) is 0 Å². The van der Waals surface area contributed by atoms with Crippen LogP contribution in [0.15, 0.2) is 66.7 Å². The van der Waals surface area contributed by atoms with Crippen molar-refractivity contribution in [1.82, 2.24) is 5.32 Å². The van der Waals surface area contributed by atoms with Gasteiger partial charge in [0.15, 0.2) is 0 Å². The average Bonchev–Trinajstić information content (AvgIpc) is 3.07. The number of benzene rings is 2. The van der Waals surface area contributed by atoms with E-state index in [1.807, 2.05) is 42.5 Å². The van der Waals surface area contributed by atoms with Crippen molar-refractivity contribution in [2.75, 3.05) is 10.2 Å². The molecule has 4 aliphatic rings. The first kappa shape index (κ1) is 18.6. The molecule has 6 rings (SSSR count). The van der Waals surface area contributed by atoms with E-state index < -0.39 is 0 Å². The van der Waals surface area contributed by atoms with Crippen LogP contribution in [-0.2, 0) is 16.1 Å². The van der Waals surface area contributed by atoms with Gasteiger partial charge in [0, 0.05) is 12.2 Å². The van der Waals surface area contributed by atoms with Gasteiger partial charge in [-0.15, -0.1) is 0 Å². The number of nitrogens with zero attached hydrogens (tertiary/aromatic N) is 1. The van der Waals surface area contributed by atoms with Gasteiger partial charge in [-0.1, -0.05) is 42.5 Å². The van der Waals surface area contributed by atoms with Crippen molar-refractivity contribution >= 4 is 29.2 Å². The third-order valence-corrected chi connectivity index (χ3v) is 6.44. The van der Waals surface area contributed by atoms with Crippen molar-refractivity contribution in [3.05, 3.63) is 72.3 Å². The molecule has 2 aromatic rings. The first-order chi connectivity index (χ1) is 14.6. The fraction of sp³-hybridized carbons (Fsp3) is 0.292. The van der Waals surface area contributed by atoms with Crippen LogP contribution in [-0.4, -0.2) is 17.8 Å². The summed E-state index contributed by atoms with van der Waals surface area (Å²) in [6.45, 7) is 0.347. The smallest absolute Gasteiger partial charge is 0.319 e. The van der Waals surface area contributed by atoms with Crippen molar-refractivity contribution in [2.24, 2.45) is 23.7 Å². The normalized spacial score (nSPS) is 26.6. The van der Waals surface area contributed by atoms with E-state index in [4.69, 9.17) is 0 Å². The van der Waals surface area contributed by atoms with E-state index in [-0.39, 0.29) is 41.5 Å². The molecule has 30 heavy (non-hydrogen) atoms. The van der Waals surface area contributed by atoms with Crippen molar-refractivity contribution in [2.45, 2.75) is 19.4 Å². The van der Waals surface area contributed by atoms with Gasteiger partial charge in [-0.2, -0.15) is 0 Å². The van der Waals surface area contributed by atoms with E-state index in [0.717, 1.165) is 24.1 Å². The minimum absolute atomic E-state index is 0.0721. The molecule has 0 aromatic heterocycles. The summed E-state index contributed by atoms with van der Waals surface area (Å²) in [6.07, 6.45) is 6.23. The number of hydrogen-bond acceptors (Lipinski definition) is 3. The van der Waals surface area contributed by atoms with Crippen LogP contribution in [0.2, 0.25) is 0 Å². The van der Waals surface area contributed by atoms with Crippen LogP contribution < -0.4 is 15.5 Å². The predicted octanol–water partition coefficient (Wildman–Crippen LogP) is 3.71. The Kier molecular flexibility index (Phi) is 4.62. The number of imide groups is 1. The molecule has 2 fully saturated rings. The zero-order valence-corrected chi connectivity index (χ0v) is 16.5. The van der Waals surface area contributed by atoms with Gasteiger partial charge in [0.25, 0.3) is 0 Å². The number of urea groups is 1. The van der Waals surface area contributed by atoms with Crippen molar-refractivity contribution in [3.63, 3.8) is 0 Å². The molecule has 152 valence electrons. The lowest BCUT2D eigenvalue weighted by Crippen LogP contribution is -2.38. The molecule has 1 aliphatic heterocycles. The summed E-state index contributed by atoms with van der Waals surface area (Å²) in [7, 11) is 0. The highest BCUT2D eigenvalue weighted by Crippen LogP contribution is 2.50. The molecule has 3 aliphatic carbocycles. The van der Waals surface area contributed by atoms with Crippen LogP contribution in [0, 0.1) is 23.7 Å². The molecule has 4 amide bonds. The van der Waals surface area contributed by atoms with Crippen LogP contribution in [0.4, 0.5) is 16.2 Å². The minimum atomic E-state index is -0.290. The van der Waals surface area contributed by atoms with E-state index in [2.05, 4.69) is 22.8 Å². The minimum Gasteiger partial charge on any atom is -0.334 e. The molecule has 4 unspecified atom stereocenters. The van der Waals surface area contributed by atoms with Gasteiger partial charge in [-0.3, -0.25) is 14.5 Å². The van der Waals surface area contributed by atoms with E-state index in [1.54, 1.807) is 12.1 Å². The molecule has 2 aromatic carbocycles. The van der Waals surface area contributed by atoms with Gasteiger partial charge in [-0.05, 0) is 54.5 Å². The van der Waals surface area contributed by atoms with Crippen LogP contribution in [0.25, 0.3) is 0 Å². The maximum atomic E-state index is 13.0. The Bertz CT molecular complexity index is 984. The number of allylic oxidation sites excluding steroid dienone is 2. The molecular formula is C24H23N3O3. The maximum absolute atomic E-state index is 13.0. The Morgan fingerprint density at radius 2 is 1.47 bits per heavy atom. The number of hydrogen-bond donors (Lipinski definition) is 2. The number of nitrogens with one attached hydrogen (secondary N) is 2. The Morgan fingerprint density at radius 1 is 0.867 bits per heavy atom. The maximum Gasteiger partial charge on any atom is 0.319 e. The van der Waals surface area contributed by atoms with Crippen LogP contribution >= 0.6 is 0 Å². The highest BCUT2D eigenvalue weighted by atomic mass is 16.2. The monoisotopic (exact) mass is 401 g/mol. The Balaban J connectivity index is 1.24. The zero-order chi connectivity index (χ0) is 20.7. The number of carbonyl (C=O) groups is 3. The lowest BCUT2D eigenvalue weighted by Gasteiger charge is -2.38. The molecule has 4 atom stereocenters. The van der Waals surface area contributed by atoms with Crippen molar-refractivity contribution in [3.8, 4) is 0 Å². The summed E-state index contributed by atoms with van der Waals surface area (Å²) in [6, 6.07) is 16.2. The largest absolute Gasteiger partial charge is 0.334 e. The lowest BCUT2D eigenvalue weighted by atomic mass is 9.63. The molecule has 6 nitrogen and oxygen atoms in total. The molecule has 2 bridgehead atoms. The average molecular weight is 401 g/mol. The van der Waals surface area contributed by atoms with Gasteiger partial charge >= 0.3 is 6.03 Å². The van der Waals surface area contributed by atoms with Gasteiger partial charge in [0.05, 0.1) is 17.5 Å². The second-order valence-corrected chi connectivity index (χ2v) is 8.19. The summed E-state index contributed by atoms with van der Waals surface area (Å²) in [5, 5.41) is 5.58. The first-order valence-electron chi connectivity index (χ1n) is 10.4. The SMILES string of the molecule is O=C(NCc1ccc(N2C(=O)C3C4C=CC(CC4)C3C2=O)cc1)Nc1ccccc1. The number of fused-ring (bicyclic) bond motifs is 1. The fourth-order valence-electron chi connectivity index (χ4n) is 4.97. The zero-order valence-electron chi connectivity index (χ0n) is 16.5. The molecule has 1 saturated carbocycles. The van der Waals surface area contributed by atoms with Gasteiger partial charge in [0.2, 0.25) is 11.8 Å². The van der Waals surface area contributed by atoms with Gasteiger partial charge in [-0.25, -0.2) is 4.79 Å². The Hall–Kier alpha value is -3.41. The number of para-hydroxylation sites is 1. The summed E-state index contributed by atoms with van der Waals surface area (Å²) in [4.78, 5) is 39.4. The quantitative estimate of drug-likeness (QED) is 0.606. The highest BCUT2D eigenvalue weighted by Gasteiger charge is 2.56. The summed E-state index contributed by atoms with van der Waals surface area (Å²) < 4.78 is 0. The summed E-state index contributed by atoms with van der Waals surface area (Å²) in [5.41, 5.74) is 2.22. The topological polar surface area (TPSA) is 78.5 Å². The third-order valence-electron chi connectivity index (χ3n) is 6.44. The third kappa shape index (κ3) is 3.18. The predicted molar refractivity (Wildman–Crippen MR) is 114 cm³/mol. The second-order valence-electron chi connectivity index (χ2n) is 8.19. The van der Waals surface area contributed by atoms with Crippen molar-refractivity contribution in [1.29, 1.82) is 0 Å². The summed E-state index contributed by atoms with van der Waals surface area (Å²) >= 11 is 0. The first-order valence-corrected chi connectivity index (χ1v) is 10.4. The number of carbonyl (C=O) groups excluding carboxylic acids is 3. The number of amides is 4. The van der Waals surface area contributed by atoms with Crippen LogP contribution in [0.1, 0.15) is 18.4 Å². The lowest BCUT2D eigenvalue weighted by molar-refractivity contribution is -0.124. The molecule has 0 radical (unpaired) electrons. The van der Waals surface area contributed by atoms with E-state index in [9.17, 15) is 14.4 Å². The molecule has 1 heterocycles. The fourth-order valence-corrected chi connectivity index (χ4v) is 4.97. The number of anilines is 2. The van der Waals surface area contributed by atoms with E-state index >= 15 is 0 Å². The number of rotatable bonds is 4. The Labute approximate surface area is 175 Å². The van der Waals surface area contributed by atoms with Crippen LogP contribution in [0.3, 0.4) is 0 Å². The highest BCUT2D eigenvalue weighted by molar-refractivity contribution is 6.22. The standard InChI is InChI=1S/C24H23N3O3/c28-22-20-16-8-9-17(11-10-16)21(20)23(29)27(22)19-12-6-15(7-13-19)14-25-24(30)26-18-4-2-1-3-5-18/h1-9,12-13,16-17,20-21H,10-11,14H2,(H2,25,26,30). The molecule has 2 N–H and O–H groups in total. The second kappa shape index (κ2) is 7.44. The Morgan fingerprint density at radius 3 is 2.03 bits per heavy atom. The summed E-state index contributed by atoms with van der Waals surface area (Å²) in [5.74, 6) is -0.177. The van der Waals surface area contributed by atoms with Crippen molar-refractivity contribution < 1.29 is 14.4 Å². The molecular weight excluding hydrogens is 378 g/mol. The van der Waals surface area contributed by atoms with Gasteiger partial charge in [0.1, 0.15) is 0 Å². The van der Waals surface area contributed by atoms with Gasteiger partial charge < -0.3 is 10.6 Å². The molecule has 1 saturated heterocycles.